The Morgan fingerprint density at radius 1 is 1.18 bits per heavy atom. The number of aromatic amines is 1. The van der Waals surface area contributed by atoms with Gasteiger partial charge in [0, 0.05) is 32.7 Å². The molecular weight excluding hydrogens is 459 g/mol. The van der Waals surface area contributed by atoms with Gasteiger partial charge < -0.3 is 19.6 Å². The Hall–Kier alpha value is -3.94. The van der Waals surface area contributed by atoms with Crippen molar-refractivity contribution in [2.24, 2.45) is 14.1 Å². The van der Waals surface area contributed by atoms with Crippen LogP contribution in [-0.4, -0.2) is 63.8 Å². The number of nitrogens with zero attached hydrogens (tertiary/aromatic N) is 6. The molecule has 2 N–H and O–H groups in total. The maximum atomic E-state index is 13.1. The van der Waals surface area contributed by atoms with Gasteiger partial charge in [-0.2, -0.15) is 13.2 Å². The molecule has 0 radical (unpaired) electrons. The van der Waals surface area contributed by atoms with Crippen LogP contribution < -0.4 is 11.2 Å². The molecule has 1 fully saturated rings. The number of carbonyl (C=O) groups is 1. The van der Waals surface area contributed by atoms with E-state index in [-0.39, 0.29) is 40.9 Å². The smallest absolute Gasteiger partial charge is 0.389 e. The molecule has 5 rings (SSSR count). The van der Waals surface area contributed by atoms with Gasteiger partial charge in [-0.1, -0.05) is 0 Å². The van der Waals surface area contributed by atoms with Crippen molar-refractivity contribution in [2.75, 3.05) is 13.1 Å². The Labute approximate surface area is 187 Å². The highest BCUT2D eigenvalue weighted by Gasteiger charge is 2.38. The highest BCUT2D eigenvalue weighted by atomic mass is 19.4. The first-order valence-corrected chi connectivity index (χ1v) is 10.1. The number of aryl methyl sites for hydroxylation is 1. The van der Waals surface area contributed by atoms with Gasteiger partial charge in [-0.15, -0.1) is 0 Å². The summed E-state index contributed by atoms with van der Waals surface area (Å²) in [5.74, 6) is -1.66. The minimum absolute atomic E-state index is 0.0314. The first-order valence-electron chi connectivity index (χ1n) is 10.1. The summed E-state index contributed by atoms with van der Waals surface area (Å²) in [5.41, 5.74) is -0.642. The minimum atomic E-state index is -4.65. The number of aromatic nitrogens is 6. The van der Waals surface area contributed by atoms with Crippen LogP contribution in [0, 0.1) is 0 Å². The molecule has 14 heteroatoms. The van der Waals surface area contributed by atoms with Gasteiger partial charge >= 0.3 is 11.9 Å². The highest BCUT2D eigenvalue weighted by molar-refractivity contribution is 5.97. The van der Waals surface area contributed by atoms with E-state index in [1.807, 2.05) is 0 Å². The molecule has 178 valence electrons. The monoisotopic (exact) mass is 477 g/mol. The lowest BCUT2D eigenvalue weighted by Gasteiger charge is -2.18. The Bertz CT molecular complexity index is 1580. The van der Waals surface area contributed by atoms with Crippen molar-refractivity contribution < 1.29 is 23.1 Å². The van der Waals surface area contributed by atoms with Gasteiger partial charge in [-0.3, -0.25) is 18.7 Å². The Morgan fingerprint density at radius 2 is 1.91 bits per heavy atom. The zero-order valence-corrected chi connectivity index (χ0v) is 17.9. The zero-order valence-electron chi connectivity index (χ0n) is 17.9. The van der Waals surface area contributed by atoms with Crippen molar-refractivity contribution in [3.05, 3.63) is 56.8 Å². The number of hydrogen-bond donors (Lipinski definition) is 2. The van der Waals surface area contributed by atoms with E-state index in [2.05, 4.69) is 15.0 Å². The summed E-state index contributed by atoms with van der Waals surface area (Å²) in [4.78, 5) is 48.9. The van der Waals surface area contributed by atoms with E-state index in [9.17, 15) is 32.7 Å². The molecule has 2 atom stereocenters. The van der Waals surface area contributed by atoms with E-state index in [1.165, 1.54) is 52.7 Å². The molecule has 11 nitrogen and oxygen atoms in total. The van der Waals surface area contributed by atoms with Crippen LogP contribution in [0.3, 0.4) is 0 Å². The number of amides is 1. The molecule has 34 heavy (non-hydrogen) atoms. The lowest BCUT2D eigenvalue weighted by atomic mass is 10.2. The fourth-order valence-corrected chi connectivity index (χ4v) is 4.31. The van der Waals surface area contributed by atoms with Crippen molar-refractivity contribution in [1.82, 2.24) is 33.6 Å². The number of aliphatic hydroxyl groups is 1. The van der Waals surface area contributed by atoms with E-state index in [0.29, 0.717) is 0 Å². The molecule has 1 amide bonds. The predicted octanol–water partition coefficient (Wildman–Crippen LogP) is 0.387. The predicted molar refractivity (Wildman–Crippen MR) is 112 cm³/mol. The molecule has 4 aromatic rings. The van der Waals surface area contributed by atoms with Crippen molar-refractivity contribution in [3.63, 3.8) is 0 Å². The van der Waals surface area contributed by atoms with Crippen LogP contribution in [0.25, 0.3) is 22.2 Å². The van der Waals surface area contributed by atoms with Crippen LogP contribution >= 0.6 is 0 Å². The third-order valence-corrected chi connectivity index (χ3v) is 6.07. The molecule has 0 aliphatic carbocycles. The molecule has 0 bridgehead atoms. The third-order valence-electron chi connectivity index (χ3n) is 6.07. The van der Waals surface area contributed by atoms with Crippen LogP contribution in [0.2, 0.25) is 0 Å². The van der Waals surface area contributed by atoms with Crippen molar-refractivity contribution in [3.8, 4) is 0 Å². The third kappa shape index (κ3) is 3.21. The number of alkyl halides is 3. The van der Waals surface area contributed by atoms with Gasteiger partial charge in [0.2, 0.25) is 5.82 Å². The minimum Gasteiger partial charge on any atom is -0.389 e. The molecule has 1 saturated heterocycles. The summed E-state index contributed by atoms with van der Waals surface area (Å²) >= 11 is 0. The number of β-amino-alcohol motifs (C(OH)–C–C–N with tert-alkyl or cyclic N) is 1. The molecule has 0 saturated carbocycles. The fraction of sp³-hybridized carbons (Fsp3) is 0.350. The number of benzene rings is 1. The topological polar surface area (TPSA) is 131 Å². The van der Waals surface area contributed by atoms with Gasteiger partial charge in [0.25, 0.3) is 11.5 Å². The standard InChI is InChI=1S/C20H18F3N7O4/c1-27-15-14(17(33)28(2)19(27)34)24-8-30(15)12-6-29(7-13(12)31)16(32)9-3-4-10-11(5-9)26-18(25-10)20(21,22)23/h3-5,8,12-13,31H,6-7H2,1-2H3,(H,25,26)/t12-,13-/m0/s1. The summed E-state index contributed by atoms with van der Waals surface area (Å²) in [5, 5.41) is 10.7. The molecule has 4 heterocycles. The number of carbonyl (C=O) groups excluding carboxylic acids is 1. The van der Waals surface area contributed by atoms with Crippen molar-refractivity contribution >= 4 is 28.1 Å². The number of rotatable bonds is 2. The lowest BCUT2D eigenvalue weighted by molar-refractivity contribution is -0.144. The summed E-state index contributed by atoms with van der Waals surface area (Å²) in [6.07, 6.45) is -4.35. The Kier molecular flexibility index (Phi) is 4.69. The van der Waals surface area contributed by atoms with Crippen LogP contribution in [0.15, 0.2) is 34.1 Å². The summed E-state index contributed by atoms with van der Waals surface area (Å²) in [6, 6.07) is 3.26. The molecule has 0 unspecified atom stereocenters. The van der Waals surface area contributed by atoms with E-state index >= 15 is 0 Å². The number of imidazole rings is 2. The highest BCUT2D eigenvalue weighted by Crippen LogP contribution is 2.30. The average Bonchev–Trinajstić information content (AvgIpc) is 3.50. The molecule has 0 spiro atoms. The normalized spacial score (nSPS) is 18.9. The van der Waals surface area contributed by atoms with Crippen LogP contribution in [0.5, 0.6) is 0 Å². The van der Waals surface area contributed by atoms with E-state index in [1.54, 1.807) is 0 Å². The SMILES string of the molecule is Cn1c(=O)c2ncn([C@H]3CN(C(=O)c4ccc5nc(C(F)(F)F)[nH]c5c4)C[C@@H]3O)c2n(C)c1=O. The number of likely N-dealkylation sites (tertiary alicyclic amines) is 1. The summed E-state index contributed by atoms with van der Waals surface area (Å²) in [7, 11) is 2.81. The molecule has 1 aliphatic rings. The van der Waals surface area contributed by atoms with E-state index < -0.39 is 41.3 Å². The molecule has 3 aromatic heterocycles. The number of aliphatic hydroxyl groups excluding tert-OH is 1. The van der Waals surface area contributed by atoms with Crippen molar-refractivity contribution in [1.29, 1.82) is 0 Å². The van der Waals surface area contributed by atoms with E-state index in [4.69, 9.17) is 0 Å². The number of fused-ring (bicyclic) bond motifs is 2. The van der Waals surface area contributed by atoms with Gasteiger partial charge in [-0.05, 0) is 18.2 Å². The lowest BCUT2D eigenvalue weighted by Crippen LogP contribution is -2.38. The number of nitrogens with one attached hydrogen (secondary N) is 1. The summed E-state index contributed by atoms with van der Waals surface area (Å²) < 4.78 is 42.4. The Morgan fingerprint density at radius 3 is 2.62 bits per heavy atom. The molecular formula is C20H18F3N7O4. The maximum absolute atomic E-state index is 13.1. The Balaban J connectivity index is 1.47. The van der Waals surface area contributed by atoms with Gasteiger partial charge in [-0.25, -0.2) is 14.8 Å². The van der Waals surface area contributed by atoms with Crippen LogP contribution in [0.4, 0.5) is 13.2 Å². The number of halogens is 3. The largest absolute Gasteiger partial charge is 0.449 e. The second kappa shape index (κ2) is 7.28. The van der Waals surface area contributed by atoms with Crippen LogP contribution in [0.1, 0.15) is 22.2 Å². The molecule has 1 aromatic carbocycles. The second-order valence-corrected chi connectivity index (χ2v) is 8.19. The quantitative estimate of drug-likeness (QED) is 0.430. The van der Waals surface area contributed by atoms with Gasteiger partial charge in [0.1, 0.15) is 5.65 Å². The fourth-order valence-electron chi connectivity index (χ4n) is 4.31. The average molecular weight is 477 g/mol. The van der Waals surface area contributed by atoms with Gasteiger partial charge in [0.15, 0.2) is 5.52 Å². The zero-order chi connectivity index (χ0) is 24.5. The van der Waals surface area contributed by atoms with Gasteiger partial charge in [0.05, 0.1) is 29.5 Å². The number of hydrogen-bond acceptors (Lipinski definition) is 6. The number of H-pyrrole nitrogens is 1. The van der Waals surface area contributed by atoms with Crippen molar-refractivity contribution in [2.45, 2.75) is 18.3 Å². The summed E-state index contributed by atoms with van der Waals surface area (Å²) in [6.45, 7) is -0.0273. The maximum Gasteiger partial charge on any atom is 0.449 e. The first-order chi connectivity index (χ1) is 16.0. The first kappa shape index (κ1) is 21.9. The van der Waals surface area contributed by atoms with Crippen LogP contribution in [-0.2, 0) is 20.3 Å². The van der Waals surface area contributed by atoms with E-state index in [0.717, 1.165) is 4.57 Å². The molecule has 1 aliphatic heterocycles. The second-order valence-electron chi connectivity index (χ2n) is 8.19.